The number of anilines is 1. The molecule has 2 saturated heterocycles. The Labute approximate surface area is 288 Å². The van der Waals surface area contributed by atoms with Gasteiger partial charge in [-0.15, -0.1) is 0 Å². The molecule has 4 heterocycles. The van der Waals surface area contributed by atoms with E-state index in [2.05, 4.69) is 17.0 Å². The first-order valence-corrected chi connectivity index (χ1v) is 18.9. The summed E-state index contributed by atoms with van der Waals surface area (Å²) < 4.78 is 58.3. The molecule has 0 bridgehead atoms. The fourth-order valence-corrected chi connectivity index (χ4v) is 7.75. The van der Waals surface area contributed by atoms with E-state index in [1.54, 1.807) is 28.8 Å². The first-order chi connectivity index (χ1) is 23.1. The van der Waals surface area contributed by atoms with Gasteiger partial charge in [-0.2, -0.15) is 5.10 Å². The molecule has 2 aliphatic rings. The lowest BCUT2D eigenvalue weighted by atomic mass is 9.93. The number of aromatic nitrogens is 3. The Morgan fingerprint density at radius 1 is 0.917 bits per heavy atom. The number of benzene rings is 1. The Hall–Kier alpha value is -2.28. The first kappa shape index (κ1) is 37.0. The number of para-hydroxylation sites is 1. The van der Waals surface area contributed by atoms with Gasteiger partial charge in [0.2, 0.25) is 0 Å². The van der Waals surface area contributed by atoms with Crippen molar-refractivity contribution in [3.63, 3.8) is 0 Å². The van der Waals surface area contributed by atoms with Crippen molar-refractivity contribution in [1.29, 1.82) is 0 Å². The van der Waals surface area contributed by atoms with E-state index in [1.807, 2.05) is 32.9 Å². The van der Waals surface area contributed by atoms with Crippen molar-refractivity contribution in [2.24, 2.45) is 0 Å². The summed E-state index contributed by atoms with van der Waals surface area (Å²) in [4.78, 5) is 4.09. The van der Waals surface area contributed by atoms with Crippen LogP contribution in [-0.2, 0) is 38.2 Å². The summed E-state index contributed by atoms with van der Waals surface area (Å²) >= 11 is 6.34. The summed E-state index contributed by atoms with van der Waals surface area (Å²) in [7, 11) is -4.20. The summed E-state index contributed by atoms with van der Waals surface area (Å²) in [6, 6.07) is 10.4. The third-order valence-electron chi connectivity index (χ3n) is 8.74. The molecule has 1 unspecified atom stereocenters. The lowest BCUT2D eigenvalue weighted by Gasteiger charge is -2.31. The number of hydrogen-bond donors (Lipinski definition) is 1. The molecule has 5 atom stereocenters. The zero-order valence-electron chi connectivity index (χ0n) is 28.5. The zero-order valence-corrected chi connectivity index (χ0v) is 30.1. The zero-order chi connectivity index (χ0) is 34.2. The number of ether oxygens (including phenoxy) is 4. The number of halogens is 1. The SMILES string of the molecule is CCCCCCCCCCCOCCOP(=O)(OC[C@H]1O[C@@](C)(c2ccc3c(N)ncnn23)[C@@H]2OC(C)(C)O[C@@H]21)Oc1ccccc1Cl. The second-order valence-electron chi connectivity index (χ2n) is 13.0. The number of nitrogen functional groups attached to an aromatic ring is 1. The van der Waals surface area contributed by atoms with E-state index in [9.17, 15) is 4.57 Å². The maximum Gasteiger partial charge on any atom is 0.530 e. The van der Waals surface area contributed by atoms with Gasteiger partial charge in [0.05, 0.1) is 30.5 Å². The van der Waals surface area contributed by atoms with E-state index < -0.39 is 37.5 Å². The van der Waals surface area contributed by atoms with Gasteiger partial charge in [-0.25, -0.2) is 14.1 Å². The number of phosphoric ester groups is 1. The fourth-order valence-electron chi connectivity index (χ4n) is 6.32. The summed E-state index contributed by atoms with van der Waals surface area (Å²) in [6.45, 7) is 8.46. The molecule has 2 N–H and O–H groups in total. The molecule has 0 saturated carbocycles. The predicted octanol–water partition coefficient (Wildman–Crippen LogP) is 7.87. The van der Waals surface area contributed by atoms with Crippen LogP contribution in [0.25, 0.3) is 5.52 Å². The molecule has 0 radical (unpaired) electrons. The molecule has 2 aliphatic heterocycles. The van der Waals surface area contributed by atoms with Gasteiger partial charge in [0.25, 0.3) is 0 Å². The smallest absolute Gasteiger partial charge is 0.402 e. The Morgan fingerprint density at radius 3 is 2.40 bits per heavy atom. The second kappa shape index (κ2) is 16.6. The van der Waals surface area contributed by atoms with Gasteiger partial charge in [-0.05, 0) is 51.5 Å². The number of unbranched alkanes of at least 4 members (excludes halogenated alkanes) is 8. The van der Waals surface area contributed by atoms with Crippen LogP contribution in [0.3, 0.4) is 0 Å². The largest absolute Gasteiger partial charge is 0.530 e. The van der Waals surface area contributed by atoms with Crippen molar-refractivity contribution in [1.82, 2.24) is 14.6 Å². The van der Waals surface area contributed by atoms with Gasteiger partial charge in [0.1, 0.15) is 41.5 Å². The minimum Gasteiger partial charge on any atom is -0.402 e. The van der Waals surface area contributed by atoms with Crippen LogP contribution in [0.1, 0.15) is 91.2 Å². The van der Waals surface area contributed by atoms with Gasteiger partial charge in [-0.3, -0.25) is 9.05 Å². The standard InChI is InChI=1S/C34H50ClN4O8P/c1-5-6-7-8-9-10-11-12-15-20-41-21-22-42-48(40,47-27-17-14-13-16-25(27)35)43-23-28-30-31(46-33(2,3)45-30)34(4,44-28)29-19-18-26-32(36)37-24-38-39(26)29/h13-14,16-19,24,28,30-31H,5-12,15,20-23H2,1-4H3,(H2,36,37,38)/t28-,30-,31-,34+,48?/m1/s1. The third kappa shape index (κ3) is 9.08. The van der Waals surface area contributed by atoms with Crippen molar-refractivity contribution in [2.75, 3.05) is 32.2 Å². The summed E-state index contributed by atoms with van der Waals surface area (Å²) in [5.41, 5.74) is 6.40. The summed E-state index contributed by atoms with van der Waals surface area (Å²) in [5.74, 6) is -0.392. The Morgan fingerprint density at radius 2 is 1.65 bits per heavy atom. The number of hydrogen-bond acceptors (Lipinski definition) is 11. The molecule has 12 nitrogen and oxygen atoms in total. The number of nitrogens with two attached hydrogens (primary N) is 1. The first-order valence-electron chi connectivity index (χ1n) is 17.1. The lowest BCUT2D eigenvalue weighted by Crippen LogP contribution is -2.39. The minimum atomic E-state index is -4.20. The molecule has 2 aromatic heterocycles. The van der Waals surface area contributed by atoms with Crippen molar-refractivity contribution >= 4 is 30.8 Å². The van der Waals surface area contributed by atoms with E-state index in [0.29, 0.717) is 23.6 Å². The van der Waals surface area contributed by atoms with Crippen LogP contribution in [0.4, 0.5) is 5.82 Å². The highest BCUT2D eigenvalue weighted by Gasteiger charge is 2.62. The molecule has 0 amide bonds. The maximum absolute atomic E-state index is 14.1. The monoisotopic (exact) mass is 708 g/mol. The van der Waals surface area contributed by atoms with Crippen LogP contribution in [0, 0.1) is 0 Å². The molecule has 5 rings (SSSR count). The van der Waals surface area contributed by atoms with E-state index in [-0.39, 0.29) is 30.6 Å². The van der Waals surface area contributed by atoms with Crippen LogP contribution < -0.4 is 10.3 Å². The highest BCUT2D eigenvalue weighted by Crippen LogP contribution is 2.54. The summed E-state index contributed by atoms with van der Waals surface area (Å²) in [6.07, 6.45) is 10.7. The molecular weight excluding hydrogens is 659 g/mol. The molecule has 1 aromatic carbocycles. The molecule has 14 heteroatoms. The average Bonchev–Trinajstić information content (AvgIpc) is 3.71. The molecule has 48 heavy (non-hydrogen) atoms. The highest BCUT2D eigenvalue weighted by atomic mass is 35.5. The third-order valence-corrected chi connectivity index (χ3v) is 10.4. The maximum atomic E-state index is 14.1. The minimum absolute atomic E-state index is 0.00162. The van der Waals surface area contributed by atoms with Gasteiger partial charge < -0.3 is 29.2 Å². The average molecular weight is 709 g/mol. The van der Waals surface area contributed by atoms with Crippen LogP contribution in [-0.4, -0.2) is 65.1 Å². The van der Waals surface area contributed by atoms with E-state index >= 15 is 0 Å². The summed E-state index contributed by atoms with van der Waals surface area (Å²) in [5, 5.41) is 4.67. The quantitative estimate of drug-likeness (QED) is 0.0906. The fraction of sp³-hybridized carbons (Fsp3) is 0.647. The van der Waals surface area contributed by atoms with E-state index in [0.717, 1.165) is 12.8 Å². The van der Waals surface area contributed by atoms with Gasteiger partial charge in [0, 0.05) is 6.61 Å². The van der Waals surface area contributed by atoms with E-state index in [1.165, 1.54) is 51.3 Å². The highest BCUT2D eigenvalue weighted by molar-refractivity contribution is 7.48. The van der Waals surface area contributed by atoms with Crippen molar-refractivity contribution in [3.8, 4) is 5.75 Å². The van der Waals surface area contributed by atoms with Gasteiger partial charge in [-0.1, -0.05) is 82.0 Å². The van der Waals surface area contributed by atoms with E-state index in [4.69, 9.17) is 49.9 Å². The predicted molar refractivity (Wildman–Crippen MR) is 183 cm³/mol. The van der Waals surface area contributed by atoms with Crippen molar-refractivity contribution in [2.45, 2.75) is 115 Å². The molecular formula is C34H50ClN4O8P. The van der Waals surface area contributed by atoms with Gasteiger partial charge >= 0.3 is 7.82 Å². The normalized spacial score (nSPS) is 24.6. The number of fused-ring (bicyclic) bond motifs is 2. The van der Waals surface area contributed by atoms with Crippen LogP contribution in [0.2, 0.25) is 5.02 Å². The second-order valence-corrected chi connectivity index (χ2v) is 15.0. The number of rotatable bonds is 20. The molecule has 266 valence electrons. The molecule has 2 fully saturated rings. The number of nitrogens with zero attached hydrogens (tertiary/aromatic N) is 3. The topological polar surface area (TPSA) is 138 Å². The van der Waals surface area contributed by atoms with Crippen molar-refractivity contribution < 1.29 is 37.1 Å². The number of phosphoric acid groups is 1. The van der Waals surface area contributed by atoms with Crippen LogP contribution in [0.15, 0.2) is 42.7 Å². The van der Waals surface area contributed by atoms with Gasteiger partial charge in [0.15, 0.2) is 11.6 Å². The Kier molecular flexibility index (Phi) is 12.8. The lowest BCUT2D eigenvalue weighted by molar-refractivity contribution is -0.212. The molecule has 0 spiro atoms. The molecule has 0 aliphatic carbocycles. The Balaban J connectivity index is 1.20. The Bertz CT molecular complexity index is 1530. The van der Waals surface area contributed by atoms with Crippen LogP contribution >= 0.6 is 19.4 Å². The van der Waals surface area contributed by atoms with Crippen LogP contribution in [0.5, 0.6) is 5.75 Å². The van der Waals surface area contributed by atoms with Crippen molar-refractivity contribution in [3.05, 3.63) is 53.4 Å². The molecule has 3 aromatic rings.